The van der Waals surface area contributed by atoms with Gasteiger partial charge in [0.1, 0.15) is 5.82 Å². The number of carbonyl (C=O) groups excluding carboxylic acids is 1. The van der Waals surface area contributed by atoms with Crippen LogP contribution in [-0.2, 0) is 0 Å². The highest BCUT2D eigenvalue weighted by molar-refractivity contribution is 5.96. The zero-order valence-corrected chi connectivity index (χ0v) is 21.7. The predicted molar refractivity (Wildman–Crippen MR) is 146 cm³/mol. The van der Waals surface area contributed by atoms with E-state index in [-0.39, 0.29) is 11.5 Å². The van der Waals surface area contributed by atoms with Crippen LogP contribution in [-0.4, -0.2) is 52.4 Å². The molecule has 1 heterocycles. The molecular weight excluding hydrogens is 448 g/mol. The number of carbonyl (C=O) groups is 1. The van der Waals surface area contributed by atoms with Crippen LogP contribution in [0.5, 0.6) is 0 Å². The van der Waals surface area contributed by atoms with Crippen LogP contribution in [0.3, 0.4) is 0 Å². The van der Waals surface area contributed by atoms with Gasteiger partial charge in [-0.25, -0.2) is 4.98 Å². The highest BCUT2D eigenvalue weighted by atomic mass is 16.2. The third-order valence-electron chi connectivity index (χ3n) is 6.55. The molecule has 6 heteroatoms. The summed E-state index contributed by atoms with van der Waals surface area (Å²) in [6.45, 7) is 7.20. The first-order chi connectivity index (χ1) is 17.3. The van der Waals surface area contributed by atoms with Crippen molar-refractivity contribution < 1.29 is 4.79 Å². The van der Waals surface area contributed by atoms with Crippen LogP contribution in [0.25, 0.3) is 16.6 Å². The Bertz CT molecular complexity index is 1440. The molecular formula is C30H34N4O2. The second kappa shape index (κ2) is 10.9. The maximum absolute atomic E-state index is 14.0. The standard InChI is InChI=1S/C30H34N4O2/c1-6-27(33(19-18-32(4)5)29(35)24-15-8-7-13-22(24)3)28-31-26-17-10-9-16-25(26)30(36)34(28)23-14-11-12-21(2)20-23/h7-17,20,27H,6,18-19H2,1-5H3. The number of benzene rings is 3. The highest BCUT2D eigenvalue weighted by Gasteiger charge is 2.30. The normalized spacial score (nSPS) is 12.2. The Morgan fingerprint density at radius 1 is 0.944 bits per heavy atom. The van der Waals surface area contributed by atoms with Crippen LogP contribution in [0.1, 0.15) is 46.7 Å². The minimum Gasteiger partial charge on any atom is -0.327 e. The first-order valence-corrected chi connectivity index (χ1v) is 12.4. The Hall–Kier alpha value is -3.77. The summed E-state index contributed by atoms with van der Waals surface area (Å²) in [5.74, 6) is 0.521. The lowest BCUT2D eigenvalue weighted by molar-refractivity contribution is 0.0643. The van der Waals surface area contributed by atoms with Gasteiger partial charge in [-0.1, -0.05) is 49.4 Å². The van der Waals surface area contributed by atoms with Gasteiger partial charge in [-0.15, -0.1) is 0 Å². The van der Waals surface area contributed by atoms with Crippen molar-refractivity contribution in [3.63, 3.8) is 0 Å². The number of fused-ring (bicyclic) bond motifs is 1. The Morgan fingerprint density at radius 2 is 1.67 bits per heavy atom. The van der Waals surface area contributed by atoms with Crippen LogP contribution in [0.2, 0.25) is 0 Å². The number of rotatable bonds is 8. The van der Waals surface area contributed by atoms with Gasteiger partial charge in [-0.2, -0.15) is 0 Å². The van der Waals surface area contributed by atoms with Crippen molar-refractivity contribution in [2.45, 2.75) is 33.2 Å². The Morgan fingerprint density at radius 3 is 2.36 bits per heavy atom. The summed E-state index contributed by atoms with van der Waals surface area (Å²) in [5, 5.41) is 0.558. The predicted octanol–water partition coefficient (Wildman–Crippen LogP) is 5.16. The summed E-state index contributed by atoms with van der Waals surface area (Å²) in [4.78, 5) is 36.8. The van der Waals surface area contributed by atoms with Gasteiger partial charge < -0.3 is 9.80 Å². The number of aryl methyl sites for hydroxylation is 2. The molecule has 6 nitrogen and oxygen atoms in total. The minimum atomic E-state index is -0.394. The lowest BCUT2D eigenvalue weighted by atomic mass is 10.0. The van der Waals surface area contributed by atoms with Crippen LogP contribution in [0.4, 0.5) is 0 Å². The van der Waals surface area contributed by atoms with E-state index in [1.165, 1.54) is 0 Å². The molecule has 4 aromatic rings. The van der Waals surface area contributed by atoms with E-state index in [1.807, 2.05) is 113 Å². The molecule has 0 saturated heterocycles. The fraction of sp³-hybridized carbons (Fsp3) is 0.300. The summed E-state index contributed by atoms with van der Waals surface area (Å²) in [5.41, 5.74) is 3.90. The van der Waals surface area contributed by atoms with Crippen molar-refractivity contribution in [3.05, 3.63) is 106 Å². The molecule has 186 valence electrons. The van der Waals surface area contributed by atoms with Crippen molar-refractivity contribution in [2.24, 2.45) is 0 Å². The van der Waals surface area contributed by atoms with Crippen LogP contribution >= 0.6 is 0 Å². The molecule has 36 heavy (non-hydrogen) atoms. The maximum atomic E-state index is 14.0. The van der Waals surface area contributed by atoms with E-state index in [0.717, 1.165) is 16.8 Å². The summed E-state index contributed by atoms with van der Waals surface area (Å²) >= 11 is 0. The van der Waals surface area contributed by atoms with Gasteiger partial charge in [0.2, 0.25) is 0 Å². The number of likely N-dealkylation sites (N-methyl/N-ethyl adjacent to an activating group) is 1. The molecule has 0 radical (unpaired) electrons. The zero-order valence-electron chi connectivity index (χ0n) is 21.7. The number of hydrogen-bond acceptors (Lipinski definition) is 4. The quantitative estimate of drug-likeness (QED) is 0.348. The summed E-state index contributed by atoms with van der Waals surface area (Å²) < 4.78 is 1.69. The van der Waals surface area contributed by atoms with Gasteiger partial charge in [0, 0.05) is 18.7 Å². The molecule has 1 amide bonds. The average Bonchev–Trinajstić information content (AvgIpc) is 2.86. The van der Waals surface area contributed by atoms with Crippen LogP contribution in [0, 0.1) is 13.8 Å². The average molecular weight is 483 g/mol. The van der Waals surface area contributed by atoms with E-state index in [2.05, 4.69) is 4.90 Å². The van der Waals surface area contributed by atoms with Gasteiger partial charge in [0.15, 0.2) is 0 Å². The number of para-hydroxylation sites is 1. The summed E-state index contributed by atoms with van der Waals surface area (Å²) in [7, 11) is 3.99. The largest absolute Gasteiger partial charge is 0.327 e. The van der Waals surface area contributed by atoms with Crippen molar-refractivity contribution in [3.8, 4) is 5.69 Å². The fourth-order valence-electron chi connectivity index (χ4n) is 4.61. The highest BCUT2D eigenvalue weighted by Crippen LogP contribution is 2.28. The van der Waals surface area contributed by atoms with Crippen LogP contribution < -0.4 is 5.56 Å². The molecule has 3 aromatic carbocycles. The van der Waals surface area contributed by atoms with E-state index >= 15 is 0 Å². The molecule has 1 aromatic heterocycles. The lowest BCUT2D eigenvalue weighted by Gasteiger charge is -2.33. The van der Waals surface area contributed by atoms with Crippen molar-refractivity contribution >= 4 is 16.8 Å². The Balaban J connectivity index is 1.96. The molecule has 1 unspecified atom stereocenters. The van der Waals surface area contributed by atoms with E-state index < -0.39 is 6.04 Å². The van der Waals surface area contributed by atoms with E-state index in [1.54, 1.807) is 4.57 Å². The number of aromatic nitrogens is 2. The Kier molecular flexibility index (Phi) is 7.65. The third-order valence-corrected chi connectivity index (χ3v) is 6.55. The molecule has 0 aliphatic heterocycles. The Labute approximate surface area is 212 Å². The smallest absolute Gasteiger partial charge is 0.266 e. The van der Waals surface area contributed by atoms with Gasteiger partial charge in [0.25, 0.3) is 11.5 Å². The van der Waals surface area contributed by atoms with E-state index in [0.29, 0.717) is 41.8 Å². The molecule has 0 aliphatic carbocycles. The molecule has 0 N–H and O–H groups in total. The van der Waals surface area contributed by atoms with E-state index in [9.17, 15) is 9.59 Å². The van der Waals surface area contributed by atoms with Crippen LogP contribution in [0.15, 0.2) is 77.6 Å². The topological polar surface area (TPSA) is 58.4 Å². The van der Waals surface area contributed by atoms with Crippen molar-refractivity contribution in [1.29, 1.82) is 0 Å². The first kappa shape index (κ1) is 25.3. The minimum absolute atomic E-state index is 0.0556. The monoisotopic (exact) mass is 482 g/mol. The maximum Gasteiger partial charge on any atom is 0.266 e. The number of amides is 1. The number of nitrogens with zero attached hydrogens (tertiary/aromatic N) is 4. The molecule has 0 saturated carbocycles. The number of hydrogen-bond donors (Lipinski definition) is 0. The summed E-state index contributed by atoms with van der Waals surface area (Å²) in [6.07, 6.45) is 0.613. The zero-order chi connectivity index (χ0) is 25.8. The molecule has 0 fully saturated rings. The SMILES string of the molecule is CCC(c1nc2ccccc2c(=O)n1-c1cccc(C)c1)N(CCN(C)C)C(=O)c1ccccc1C. The van der Waals surface area contributed by atoms with Gasteiger partial charge in [0.05, 0.1) is 22.6 Å². The lowest BCUT2D eigenvalue weighted by Crippen LogP contribution is -2.42. The molecule has 0 bridgehead atoms. The van der Waals surface area contributed by atoms with Gasteiger partial charge >= 0.3 is 0 Å². The first-order valence-electron chi connectivity index (χ1n) is 12.4. The van der Waals surface area contributed by atoms with Gasteiger partial charge in [-0.05, 0) is 75.8 Å². The molecule has 1 atom stereocenters. The molecule has 0 spiro atoms. The molecule has 4 rings (SSSR count). The summed E-state index contributed by atoms with van der Waals surface area (Å²) in [6, 6.07) is 22.5. The fourth-order valence-corrected chi connectivity index (χ4v) is 4.61. The van der Waals surface area contributed by atoms with Crippen molar-refractivity contribution in [2.75, 3.05) is 27.2 Å². The van der Waals surface area contributed by atoms with Gasteiger partial charge in [-0.3, -0.25) is 14.2 Å². The second-order valence-corrected chi connectivity index (χ2v) is 9.51. The molecule has 0 aliphatic rings. The third kappa shape index (κ3) is 5.09. The van der Waals surface area contributed by atoms with Crippen molar-refractivity contribution in [1.82, 2.24) is 19.4 Å². The van der Waals surface area contributed by atoms with E-state index in [4.69, 9.17) is 4.98 Å². The second-order valence-electron chi connectivity index (χ2n) is 9.51.